The maximum absolute atomic E-state index is 6.23. The van der Waals surface area contributed by atoms with Gasteiger partial charge in [0.05, 0.1) is 11.7 Å². The van der Waals surface area contributed by atoms with E-state index in [1.807, 2.05) is 12.3 Å². The number of likely N-dealkylation sites (tertiary alicyclic amines) is 1. The van der Waals surface area contributed by atoms with Gasteiger partial charge in [0.1, 0.15) is 0 Å². The average Bonchev–Trinajstić information content (AvgIpc) is 2.56. The maximum Gasteiger partial charge on any atom is 0.0673 e. The lowest BCUT2D eigenvalue weighted by molar-refractivity contribution is 0.127. The van der Waals surface area contributed by atoms with E-state index in [2.05, 4.69) is 35.9 Å². The maximum atomic E-state index is 6.23. The monoisotopic (exact) mass is 247 g/mol. The molecule has 3 atom stereocenters. The van der Waals surface area contributed by atoms with E-state index in [1.54, 1.807) is 0 Å². The van der Waals surface area contributed by atoms with E-state index in [1.165, 1.54) is 25.7 Å². The lowest BCUT2D eigenvalue weighted by Gasteiger charge is -2.37. The summed E-state index contributed by atoms with van der Waals surface area (Å²) in [6.45, 7) is 5.56. The molecule has 1 fully saturated rings. The number of nitrogens with two attached hydrogens (primary N) is 1. The minimum absolute atomic E-state index is 0.112. The third-order valence-corrected chi connectivity index (χ3v) is 3.95. The van der Waals surface area contributed by atoms with Gasteiger partial charge in [-0.3, -0.25) is 9.88 Å². The molecule has 1 aromatic heterocycles. The van der Waals surface area contributed by atoms with Crippen LogP contribution in [0.5, 0.6) is 0 Å². The Morgan fingerprint density at radius 3 is 2.83 bits per heavy atom. The summed E-state index contributed by atoms with van der Waals surface area (Å²) in [4.78, 5) is 7.07. The van der Waals surface area contributed by atoms with Crippen molar-refractivity contribution in [1.29, 1.82) is 0 Å². The molecule has 1 aliphatic heterocycles. The number of hydrogen-bond donors (Lipinski definition) is 1. The molecule has 0 saturated carbocycles. The third kappa shape index (κ3) is 3.09. The quantitative estimate of drug-likeness (QED) is 0.893. The number of aromatic nitrogens is 1. The van der Waals surface area contributed by atoms with Crippen molar-refractivity contribution in [3.05, 3.63) is 30.1 Å². The molecule has 0 aromatic carbocycles. The smallest absolute Gasteiger partial charge is 0.0673 e. The van der Waals surface area contributed by atoms with Crippen molar-refractivity contribution in [2.24, 2.45) is 5.73 Å². The third-order valence-electron chi connectivity index (χ3n) is 3.95. The zero-order valence-electron chi connectivity index (χ0n) is 11.5. The first-order valence-corrected chi connectivity index (χ1v) is 7.12. The van der Waals surface area contributed by atoms with Gasteiger partial charge in [0, 0.05) is 18.3 Å². The molecule has 18 heavy (non-hydrogen) atoms. The summed E-state index contributed by atoms with van der Waals surface area (Å²) in [7, 11) is 0. The second kappa shape index (κ2) is 6.30. The summed E-state index contributed by atoms with van der Waals surface area (Å²) in [5, 5.41) is 0. The van der Waals surface area contributed by atoms with Crippen LogP contribution in [0.4, 0.5) is 0 Å². The minimum atomic E-state index is 0.112. The fraction of sp³-hybridized carbons (Fsp3) is 0.667. The van der Waals surface area contributed by atoms with Crippen LogP contribution in [0.25, 0.3) is 0 Å². The van der Waals surface area contributed by atoms with Gasteiger partial charge in [-0.2, -0.15) is 0 Å². The highest BCUT2D eigenvalue weighted by Crippen LogP contribution is 2.28. The predicted molar refractivity (Wildman–Crippen MR) is 75.3 cm³/mol. The first-order chi connectivity index (χ1) is 8.70. The van der Waals surface area contributed by atoms with Crippen molar-refractivity contribution in [2.75, 3.05) is 6.54 Å². The Balaban J connectivity index is 2.23. The van der Waals surface area contributed by atoms with Crippen LogP contribution in [0.3, 0.4) is 0 Å². The molecule has 1 aliphatic rings. The molecule has 0 spiro atoms. The Morgan fingerprint density at radius 1 is 1.33 bits per heavy atom. The van der Waals surface area contributed by atoms with E-state index >= 15 is 0 Å². The van der Waals surface area contributed by atoms with Crippen LogP contribution in [0.2, 0.25) is 0 Å². The van der Waals surface area contributed by atoms with Gasteiger partial charge >= 0.3 is 0 Å². The van der Waals surface area contributed by atoms with Gasteiger partial charge in [-0.15, -0.1) is 0 Å². The van der Waals surface area contributed by atoms with Crippen molar-refractivity contribution >= 4 is 0 Å². The molecule has 1 aromatic rings. The highest BCUT2D eigenvalue weighted by Gasteiger charge is 2.29. The van der Waals surface area contributed by atoms with Crippen molar-refractivity contribution in [1.82, 2.24) is 9.88 Å². The summed E-state index contributed by atoms with van der Waals surface area (Å²) in [6.07, 6.45) is 7.10. The topological polar surface area (TPSA) is 42.1 Å². The van der Waals surface area contributed by atoms with Gasteiger partial charge in [0.25, 0.3) is 0 Å². The molecule has 1 saturated heterocycles. The van der Waals surface area contributed by atoms with Crippen LogP contribution in [-0.4, -0.2) is 28.5 Å². The molecule has 2 rings (SSSR count). The summed E-state index contributed by atoms with van der Waals surface area (Å²) >= 11 is 0. The molecule has 2 heterocycles. The molecule has 100 valence electrons. The SMILES string of the molecule is CC(N)C(c1ccccn1)N1CCCCCC1C. The van der Waals surface area contributed by atoms with Crippen molar-refractivity contribution in [3.8, 4) is 0 Å². The summed E-state index contributed by atoms with van der Waals surface area (Å²) in [5.74, 6) is 0. The number of pyridine rings is 1. The first kappa shape index (κ1) is 13.5. The van der Waals surface area contributed by atoms with Crippen LogP contribution in [-0.2, 0) is 0 Å². The van der Waals surface area contributed by atoms with E-state index < -0.39 is 0 Å². The Labute approximate surface area is 110 Å². The number of hydrogen-bond acceptors (Lipinski definition) is 3. The summed E-state index contributed by atoms with van der Waals surface area (Å²) in [5.41, 5.74) is 7.34. The van der Waals surface area contributed by atoms with E-state index in [0.29, 0.717) is 6.04 Å². The molecule has 3 unspecified atom stereocenters. The van der Waals surface area contributed by atoms with Gasteiger partial charge in [-0.05, 0) is 45.4 Å². The minimum Gasteiger partial charge on any atom is -0.326 e. The lowest BCUT2D eigenvalue weighted by atomic mass is 10.0. The molecule has 0 bridgehead atoms. The predicted octanol–water partition coefficient (Wildman–Crippen LogP) is 2.73. The van der Waals surface area contributed by atoms with E-state index in [9.17, 15) is 0 Å². The highest BCUT2D eigenvalue weighted by atomic mass is 15.2. The van der Waals surface area contributed by atoms with Crippen molar-refractivity contribution in [2.45, 2.75) is 57.7 Å². The molecule has 0 aliphatic carbocycles. The van der Waals surface area contributed by atoms with E-state index in [-0.39, 0.29) is 12.1 Å². The molecular formula is C15H25N3. The van der Waals surface area contributed by atoms with Crippen LogP contribution >= 0.6 is 0 Å². The van der Waals surface area contributed by atoms with E-state index in [0.717, 1.165) is 12.2 Å². The van der Waals surface area contributed by atoms with Gasteiger partial charge in [0.2, 0.25) is 0 Å². The zero-order valence-corrected chi connectivity index (χ0v) is 11.5. The average molecular weight is 247 g/mol. The van der Waals surface area contributed by atoms with Crippen molar-refractivity contribution < 1.29 is 0 Å². The molecule has 3 nitrogen and oxygen atoms in total. The Hall–Kier alpha value is -0.930. The van der Waals surface area contributed by atoms with Crippen LogP contribution in [0, 0.1) is 0 Å². The fourth-order valence-corrected chi connectivity index (χ4v) is 3.00. The van der Waals surface area contributed by atoms with Gasteiger partial charge < -0.3 is 5.73 Å². The standard InChI is InChI=1S/C15H25N3/c1-12-8-4-3-7-11-18(12)15(13(2)16)14-9-5-6-10-17-14/h5-6,9-10,12-13,15H,3-4,7-8,11,16H2,1-2H3. The second-order valence-corrected chi connectivity index (χ2v) is 5.49. The molecular weight excluding hydrogens is 222 g/mol. The largest absolute Gasteiger partial charge is 0.326 e. The van der Waals surface area contributed by atoms with Gasteiger partial charge in [-0.25, -0.2) is 0 Å². The van der Waals surface area contributed by atoms with Crippen LogP contribution in [0.15, 0.2) is 24.4 Å². The van der Waals surface area contributed by atoms with Gasteiger partial charge in [0.15, 0.2) is 0 Å². The first-order valence-electron chi connectivity index (χ1n) is 7.12. The normalized spacial score (nSPS) is 25.4. The number of nitrogens with zero attached hydrogens (tertiary/aromatic N) is 2. The molecule has 0 amide bonds. The number of rotatable bonds is 3. The lowest BCUT2D eigenvalue weighted by Crippen LogP contribution is -2.44. The van der Waals surface area contributed by atoms with Crippen LogP contribution < -0.4 is 5.73 Å². The Morgan fingerprint density at radius 2 is 2.17 bits per heavy atom. The second-order valence-electron chi connectivity index (χ2n) is 5.49. The zero-order chi connectivity index (χ0) is 13.0. The molecule has 0 radical (unpaired) electrons. The van der Waals surface area contributed by atoms with Crippen molar-refractivity contribution in [3.63, 3.8) is 0 Å². The Bertz CT molecular complexity index is 350. The summed E-state index contributed by atoms with van der Waals surface area (Å²) in [6, 6.07) is 7.09. The Kier molecular flexibility index (Phi) is 4.72. The van der Waals surface area contributed by atoms with Crippen LogP contribution in [0.1, 0.15) is 51.3 Å². The van der Waals surface area contributed by atoms with Gasteiger partial charge in [-0.1, -0.05) is 18.9 Å². The summed E-state index contributed by atoms with van der Waals surface area (Å²) < 4.78 is 0. The van der Waals surface area contributed by atoms with E-state index in [4.69, 9.17) is 5.73 Å². The highest BCUT2D eigenvalue weighted by molar-refractivity contribution is 5.11. The molecule has 2 N–H and O–H groups in total. The fourth-order valence-electron chi connectivity index (χ4n) is 3.00. The molecule has 3 heteroatoms.